The average Bonchev–Trinajstić information content (AvgIpc) is 2.31. The third-order valence-corrected chi connectivity index (χ3v) is 2.49. The zero-order chi connectivity index (χ0) is 11.1. The fourth-order valence-electron chi connectivity index (χ4n) is 1.74. The molecule has 1 aliphatic heterocycles. The van der Waals surface area contributed by atoms with E-state index in [1.807, 2.05) is 18.2 Å². The molecule has 1 aliphatic rings. The predicted octanol–water partition coefficient (Wildman–Crippen LogP) is -0.258. The summed E-state index contributed by atoms with van der Waals surface area (Å²) < 4.78 is 0. The van der Waals surface area contributed by atoms with E-state index in [1.165, 1.54) is 6.08 Å². The summed E-state index contributed by atoms with van der Waals surface area (Å²) in [6.45, 7) is 0. The molecule has 0 spiro atoms. The standard InChI is InChI=1S/C12H6N2O2.Os/c15-9-6-8-4-3-7-2-1-5-13-10(7)11(8)14-12(9)16;/h1-6H;. The molecule has 2 heterocycles. The maximum absolute atomic E-state index is 11.2. The Hall–Kier alpha value is -1.72. The minimum atomic E-state index is -0.731. The molecule has 1 aromatic heterocycles. The van der Waals surface area contributed by atoms with E-state index in [1.54, 1.807) is 12.3 Å². The molecule has 84 valence electrons. The molecule has 2 aromatic rings. The van der Waals surface area contributed by atoms with Crippen molar-refractivity contribution in [3.63, 3.8) is 0 Å². The molecule has 17 heavy (non-hydrogen) atoms. The van der Waals surface area contributed by atoms with Crippen LogP contribution in [0.5, 0.6) is 0 Å². The molecule has 3 rings (SSSR count). The van der Waals surface area contributed by atoms with Crippen molar-refractivity contribution < 1.29 is 29.4 Å². The van der Waals surface area contributed by atoms with Crippen LogP contribution in [0.3, 0.4) is 0 Å². The van der Waals surface area contributed by atoms with Crippen molar-refractivity contribution in [2.45, 2.75) is 0 Å². The number of carbonyl (C=O) groups is 2. The van der Waals surface area contributed by atoms with E-state index in [0.717, 1.165) is 5.39 Å². The molecule has 0 saturated heterocycles. The van der Waals surface area contributed by atoms with Gasteiger partial charge in [-0.3, -0.25) is 14.6 Å². The van der Waals surface area contributed by atoms with Crippen molar-refractivity contribution in [1.29, 1.82) is 0 Å². The van der Waals surface area contributed by atoms with Gasteiger partial charge >= 0.3 is 5.91 Å². The first-order chi connectivity index (χ1) is 7.75. The number of hydrogen-bond acceptors (Lipinski definition) is 3. The van der Waals surface area contributed by atoms with Gasteiger partial charge in [-0.15, -0.1) is 0 Å². The maximum atomic E-state index is 11.2. The minimum absolute atomic E-state index is 0. The van der Waals surface area contributed by atoms with E-state index in [4.69, 9.17) is 0 Å². The zero-order valence-electron chi connectivity index (χ0n) is 8.53. The Morgan fingerprint density at radius 1 is 1.06 bits per heavy atom. The second-order valence-corrected chi connectivity index (χ2v) is 3.50. The third-order valence-electron chi connectivity index (χ3n) is 2.49. The Labute approximate surface area is 109 Å². The van der Waals surface area contributed by atoms with Gasteiger partial charge in [-0.25, -0.2) is 4.99 Å². The quantitative estimate of drug-likeness (QED) is 0.573. The molecule has 5 heteroatoms. The van der Waals surface area contributed by atoms with Crippen LogP contribution < -0.4 is 10.6 Å². The van der Waals surface area contributed by atoms with Crippen LogP contribution in [0, 0.1) is 0 Å². The van der Waals surface area contributed by atoms with E-state index in [2.05, 4.69) is 9.98 Å². The van der Waals surface area contributed by atoms with Crippen LogP contribution >= 0.6 is 0 Å². The van der Waals surface area contributed by atoms with Gasteiger partial charge in [0, 0.05) is 42.7 Å². The molecule has 1 amide bonds. The number of rotatable bonds is 0. The van der Waals surface area contributed by atoms with E-state index in [9.17, 15) is 9.59 Å². The Kier molecular flexibility index (Phi) is 2.95. The molecule has 0 aliphatic carbocycles. The number of Topliss-reactive ketones (excluding diaryl/α,β-unsaturated/α-hetero) is 1. The molecule has 0 unspecified atom stereocenters. The van der Waals surface area contributed by atoms with Crippen molar-refractivity contribution in [3.05, 3.63) is 41.0 Å². The zero-order valence-corrected chi connectivity index (χ0v) is 11.1. The molecule has 0 bridgehead atoms. The fraction of sp³-hybridized carbons (Fsp3) is 0. The Morgan fingerprint density at radius 3 is 2.71 bits per heavy atom. The van der Waals surface area contributed by atoms with Crippen LogP contribution in [0.4, 0.5) is 0 Å². The topological polar surface area (TPSA) is 59.4 Å². The summed E-state index contributed by atoms with van der Waals surface area (Å²) in [6, 6.07) is 7.33. The maximum Gasteiger partial charge on any atom is 0.318 e. The van der Waals surface area contributed by atoms with E-state index >= 15 is 0 Å². The Morgan fingerprint density at radius 2 is 1.88 bits per heavy atom. The molecule has 0 atom stereocenters. The first kappa shape index (κ1) is 11.8. The summed E-state index contributed by atoms with van der Waals surface area (Å²) in [7, 11) is 0. The molecule has 0 saturated carbocycles. The van der Waals surface area contributed by atoms with E-state index in [-0.39, 0.29) is 19.8 Å². The van der Waals surface area contributed by atoms with Crippen molar-refractivity contribution in [2.75, 3.05) is 0 Å². The van der Waals surface area contributed by atoms with Crippen molar-refractivity contribution in [3.8, 4) is 0 Å². The van der Waals surface area contributed by atoms with Crippen LogP contribution in [0.1, 0.15) is 0 Å². The minimum Gasteiger partial charge on any atom is -0.284 e. The van der Waals surface area contributed by atoms with Gasteiger partial charge in [0.15, 0.2) is 0 Å². The number of benzene rings is 1. The van der Waals surface area contributed by atoms with Gasteiger partial charge in [0.05, 0.1) is 5.52 Å². The van der Waals surface area contributed by atoms with Crippen molar-refractivity contribution in [1.82, 2.24) is 4.98 Å². The second-order valence-electron chi connectivity index (χ2n) is 3.50. The SMILES string of the molecule is O=C1C=c2ccc3cccnc3c2=NC1=O.[Os]. The van der Waals surface area contributed by atoms with Gasteiger partial charge in [-0.05, 0) is 6.07 Å². The summed E-state index contributed by atoms with van der Waals surface area (Å²) in [5.74, 6) is -1.31. The molecule has 0 N–H and O–H groups in total. The van der Waals surface area contributed by atoms with Gasteiger partial charge in [-0.1, -0.05) is 18.2 Å². The second kappa shape index (κ2) is 4.27. The first-order valence-electron chi connectivity index (χ1n) is 4.78. The van der Waals surface area contributed by atoms with Gasteiger partial charge in [-0.2, -0.15) is 0 Å². The third kappa shape index (κ3) is 1.83. The van der Waals surface area contributed by atoms with Crippen LogP contribution in [0.2, 0.25) is 0 Å². The predicted molar refractivity (Wildman–Crippen MR) is 57.0 cm³/mol. The van der Waals surface area contributed by atoms with Gasteiger partial charge < -0.3 is 0 Å². The van der Waals surface area contributed by atoms with Gasteiger partial charge in [0.2, 0.25) is 5.78 Å². The summed E-state index contributed by atoms with van der Waals surface area (Å²) in [5, 5.41) is 2.04. The monoisotopic (exact) mass is 402 g/mol. The van der Waals surface area contributed by atoms with Gasteiger partial charge in [0.25, 0.3) is 0 Å². The van der Waals surface area contributed by atoms with Gasteiger partial charge in [0.1, 0.15) is 5.36 Å². The summed E-state index contributed by atoms with van der Waals surface area (Å²) in [4.78, 5) is 30.3. The normalized spacial score (nSPS) is 13.4. The number of ketones is 1. The molecule has 0 fully saturated rings. The number of pyridine rings is 1. The van der Waals surface area contributed by atoms with Crippen LogP contribution in [-0.2, 0) is 29.4 Å². The summed E-state index contributed by atoms with van der Waals surface area (Å²) in [5.41, 5.74) is 0.650. The van der Waals surface area contributed by atoms with Crippen molar-refractivity contribution >= 4 is 28.7 Å². The van der Waals surface area contributed by atoms with E-state index < -0.39 is 11.7 Å². The number of aromatic nitrogens is 1. The Balaban J connectivity index is 0.00000108. The smallest absolute Gasteiger partial charge is 0.284 e. The molecule has 4 nitrogen and oxygen atoms in total. The number of nitrogens with zero attached hydrogens (tertiary/aromatic N) is 2. The molecular formula is C12H6N2O2Os. The molecular weight excluding hydrogens is 394 g/mol. The first-order valence-corrected chi connectivity index (χ1v) is 4.78. The number of carbonyl (C=O) groups excluding carboxylic acids is 2. The number of amides is 1. The van der Waals surface area contributed by atoms with Crippen molar-refractivity contribution in [2.24, 2.45) is 4.99 Å². The van der Waals surface area contributed by atoms with E-state index in [0.29, 0.717) is 16.1 Å². The number of fused-ring (bicyclic) bond motifs is 3. The van der Waals surface area contributed by atoms with Crippen LogP contribution in [0.15, 0.2) is 35.5 Å². The summed E-state index contributed by atoms with van der Waals surface area (Å²) in [6.07, 6.45) is 2.94. The number of hydrogen-bond donors (Lipinski definition) is 0. The van der Waals surface area contributed by atoms with Crippen LogP contribution in [-0.4, -0.2) is 16.7 Å². The fourth-order valence-corrected chi connectivity index (χ4v) is 1.74. The molecule has 1 aromatic carbocycles. The average molecular weight is 400 g/mol. The largest absolute Gasteiger partial charge is 0.318 e. The Bertz CT molecular complexity index is 753. The molecule has 0 radical (unpaired) electrons. The summed E-state index contributed by atoms with van der Waals surface area (Å²) >= 11 is 0. The van der Waals surface area contributed by atoms with Crippen LogP contribution in [0.25, 0.3) is 17.0 Å².